The lowest BCUT2D eigenvalue weighted by Crippen LogP contribution is -2.33. The van der Waals surface area contributed by atoms with Crippen molar-refractivity contribution >= 4 is 17.0 Å². The van der Waals surface area contributed by atoms with E-state index in [4.69, 9.17) is 14.9 Å². The molecule has 0 radical (unpaired) electrons. The molecule has 4 atom stereocenters. The van der Waals surface area contributed by atoms with E-state index in [9.17, 15) is 15.3 Å². The van der Waals surface area contributed by atoms with Crippen LogP contribution in [0.3, 0.4) is 0 Å². The van der Waals surface area contributed by atoms with E-state index in [1.165, 1.54) is 17.2 Å². The second-order valence-electron chi connectivity index (χ2n) is 5.48. The van der Waals surface area contributed by atoms with Crippen LogP contribution in [0.25, 0.3) is 11.2 Å². The van der Waals surface area contributed by atoms with E-state index in [0.29, 0.717) is 17.0 Å². The van der Waals surface area contributed by atoms with Gasteiger partial charge in [0.2, 0.25) is 0 Å². The summed E-state index contributed by atoms with van der Waals surface area (Å²) in [4.78, 5) is 12.3. The molecule has 6 N–H and O–H groups in total. The van der Waals surface area contributed by atoms with Crippen LogP contribution in [0.4, 0.5) is 5.82 Å². The van der Waals surface area contributed by atoms with Gasteiger partial charge in [0.1, 0.15) is 24.6 Å². The van der Waals surface area contributed by atoms with Crippen LogP contribution in [0.2, 0.25) is 0 Å². The summed E-state index contributed by atoms with van der Waals surface area (Å²) in [7, 11) is 0. The van der Waals surface area contributed by atoms with Crippen LogP contribution in [0, 0.1) is 0 Å². The van der Waals surface area contributed by atoms with E-state index in [1.54, 1.807) is 0 Å². The third-order valence-electron chi connectivity index (χ3n) is 3.93. The lowest BCUT2D eigenvalue weighted by atomic mass is 10.1. The first kappa shape index (κ1) is 17.0. The number of aliphatic hydroxyl groups is 5. The Balaban J connectivity index is 1.94. The van der Waals surface area contributed by atoms with Crippen LogP contribution in [-0.2, 0) is 4.74 Å². The molecule has 1 aliphatic rings. The van der Waals surface area contributed by atoms with Gasteiger partial charge in [-0.25, -0.2) is 15.0 Å². The minimum absolute atomic E-state index is 0.294. The van der Waals surface area contributed by atoms with Gasteiger partial charge in [0.25, 0.3) is 0 Å². The molecule has 2 unspecified atom stereocenters. The van der Waals surface area contributed by atoms with Gasteiger partial charge in [0.05, 0.1) is 32.2 Å². The van der Waals surface area contributed by atoms with Crippen molar-refractivity contribution in [2.45, 2.75) is 30.6 Å². The molecule has 2 aromatic heterocycles. The maximum atomic E-state index is 10.1. The highest BCUT2D eigenvalue weighted by molar-refractivity contribution is 5.82. The van der Waals surface area contributed by atoms with E-state index in [1.807, 2.05) is 0 Å². The number of fused-ring (bicyclic) bond motifs is 1. The van der Waals surface area contributed by atoms with Crippen LogP contribution in [0.5, 0.6) is 0 Å². The zero-order valence-corrected chi connectivity index (χ0v) is 12.6. The minimum Gasteiger partial charge on any atom is -0.394 e. The van der Waals surface area contributed by atoms with Crippen molar-refractivity contribution < 1.29 is 30.3 Å². The number of ether oxygens (including phenoxy) is 1. The lowest BCUT2D eigenvalue weighted by molar-refractivity contribution is -0.0511. The highest BCUT2D eigenvalue weighted by Crippen LogP contribution is 2.32. The molecule has 3 rings (SSSR count). The predicted octanol–water partition coefficient (Wildman–Crippen LogP) is -2.80. The van der Waals surface area contributed by atoms with Crippen molar-refractivity contribution in [2.24, 2.45) is 0 Å². The van der Waals surface area contributed by atoms with Crippen LogP contribution >= 0.6 is 0 Å². The van der Waals surface area contributed by atoms with Crippen molar-refractivity contribution in [1.82, 2.24) is 19.5 Å². The first-order chi connectivity index (χ1) is 11.6. The largest absolute Gasteiger partial charge is 0.394 e. The maximum absolute atomic E-state index is 10.1. The summed E-state index contributed by atoms with van der Waals surface area (Å²) in [5.41, 5.74) is 0.680. The molecule has 132 valence electrons. The third-order valence-corrected chi connectivity index (χ3v) is 3.93. The predicted molar refractivity (Wildman–Crippen MR) is 79.9 cm³/mol. The number of hydrogen-bond donors (Lipinski definition) is 6. The highest BCUT2D eigenvalue weighted by atomic mass is 16.6. The molecule has 1 fully saturated rings. The van der Waals surface area contributed by atoms with Gasteiger partial charge in [-0.2, -0.15) is 0 Å². The minimum atomic E-state index is -1.26. The lowest BCUT2D eigenvalue weighted by Gasteiger charge is -2.17. The molecule has 11 nitrogen and oxygen atoms in total. The number of anilines is 1. The quantitative estimate of drug-likeness (QED) is 0.323. The Hall–Kier alpha value is -1.89. The summed E-state index contributed by atoms with van der Waals surface area (Å²) in [6.07, 6.45) is -1.72. The van der Waals surface area contributed by atoms with Crippen molar-refractivity contribution in [1.29, 1.82) is 0 Å². The fourth-order valence-corrected chi connectivity index (χ4v) is 2.60. The van der Waals surface area contributed by atoms with Crippen LogP contribution in [0.1, 0.15) is 6.23 Å². The summed E-state index contributed by atoms with van der Waals surface area (Å²) in [6.45, 7) is -1.02. The Kier molecular flexibility index (Phi) is 4.89. The molecule has 1 saturated heterocycles. The molecule has 0 saturated carbocycles. The molecule has 2 aromatic rings. The zero-order valence-electron chi connectivity index (χ0n) is 12.6. The number of aliphatic hydroxyl groups excluding tert-OH is 5. The molecule has 0 aromatic carbocycles. The Morgan fingerprint density at radius 3 is 2.50 bits per heavy atom. The molecule has 1 aliphatic heterocycles. The van der Waals surface area contributed by atoms with Crippen molar-refractivity contribution in [3.8, 4) is 0 Å². The fraction of sp³-hybridized carbons (Fsp3) is 0.615. The van der Waals surface area contributed by atoms with E-state index in [2.05, 4.69) is 20.3 Å². The maximum Gasteiger partial charge on any atom is 0.167 e. The van der Waals surface area contributed by atoms with Gasteiger partial charge in [0, 0.05) is 0 Å². The second-order valence-corrected chi connectivity index (χ2v) is 5.48. The SMILES string of the molecule is OCC(CO)Nc1ncnc2c1ncn2[C@@H]1O[C@H](CO)C(O)C1O. The van der Waals surface area contributed by atoms with Gasteiger partial charge in [-0.15, -0.1) is 0 Å². The summed E-state index contributed by atoms with van der Waals surface area (Å²) < 4.78 is 6.89. The number of imidazole rings is 1. The van der Waals surface area contributed by atoms with E-state index in [0.717, 1.165) is 0 Å². The number of nitrogens with one attached hydrogen (secondary N) is 1. The second kappa shape index (κ2) is 6.93. The first-order valence-corrected chi connectivity index (χ1v) is 7.39. The van der Waals surface area contributed by atoms with Crippen molar-refractivity contribution in [3.05, 3.63) is 12.7 Å². The summed E-state index contributed by atoms with van der Waals surface area (Å²) in [5.74, 6) is 0.304. The summed E-state index contributed by atoms with van der Waals surface area (Å²) >= 11 is 0. The highest BCUT2D eigenvalue weighted by Gasteiger charge is 2.44. The third kappa shape index (κ3) is 2.81. The summed E-state index contributed by atoms with van der Waals surface area (Å²) in [5, 5.41) is 50.3. The van der Waals surface area contributed by atoms with Gasteiger partial charge in [-0.1, -0.05) is 0 Å². The normalized spacial score (nSPS) is 27.2. The Labute approximate surface area is 136 Å². The van der Waals surface area contributed by atoms with Gasteiger partial charge >= 0.3 is 0 Å². The first-order valence-electron chi connectivity index (χ1n) is 7.39. The topological polar surface area (TPSA) is 166 Å². The molecule has 0 bridgehead atoms. The van der Waals surface area contributed by atoms with Gasteiger partial charge in [-0.05, 0) is 0 Å². The van der Waals surface area contributed by atoms with Gasteiger partial charge in [-0.3, -0.25) is 4.57 Å². The van der Waals surface area contributed by atoms with Crippen LogP contribution in [0.15, 0.2) is 12.7 Å². The molecule has 0 aliphatic carbocycles. The Morgan fingerprint density at radius 1 is 1.12 bits per heavy atom. The van der Waals surface area contributed by atoms with E-state index >= 15 is 0 Å². The Morgan fingerprint density at radius 2 is 1.88 bits per heavy atom. The van der Waals surface area contributed by atoms with E-state index in [-0.39, 0.29) is 13.2 Å². The zero-order chi connectivity index (χ0) is 17.3. The standard InChI is InChI=1S/C13H19N5O6/c19-1-6(2-20)17-11-8-12(15-4-14-11)18(5-16-8)13-10(23)9(22)7(3-21)24-13/h4-7,9-10,13,19-23H,1-3H2,(H,14,15,17)/t7-,9?,10?,13-/m1/s1. The molecule has 0 amide bonds. The summed E-state index contributed by atoms with van der Waals surface area (Å²) in [6, 6.07) is -0.609. The molecule has 0 spiro atoms. The molecular formula is C13H19N5O6. The fourth-order valence-electron chi connectivity index (χ4n) is 2.60. The average molecular weight is 341 g/mol. The molecule has 11 heteroatoms. The smallest absolute Gasteiger partial charge is 0.167 e. The van der Waals surface area contributed by atoms with Gasteiger partial charge in [0.15, 0.2) is 23.2 Å². The van der Waals surface area contributed by atoms with Crippen LogP contribution < -0.4 is 5.32 Å². The Bertz CT molecular complexity index is 693. The van der Waals surface area contributed by atoms with Crippen LogP contribution in [-0.4, -0.2) is 89.2 Å². The van der Waals surface area contributed by atoms with Gasteiger partial charge < -0.3 is 35.6 Å². The van der Waals surface area contributed by atoms with Crippen molar-refractivity contribution in [2.75, 3.05) is 25.1 Å². The number of aromatic nitrogens is 4. The van der Waals surface area contributed by atoms with E-state index < -0.39 is 37.2 Å². The number of rotatable bonds is 6. The molecule has 24 heavy (non-hydrogen) atoms. The molecule has 3 heterocycles. The monoisotopic (exact) mass is 341 g/mol. The van der Waals surface area contributed by atoms with Crippen molar-refractivity contribution in [3.63, 3.8) is 0 Å². The number of hydrogen-bond acceptors (Lipinski definition) is 10. The average Bonchev–Trinajstić information content (AvgIpc) is 3.15. The number of nitrogens with zero attached hydrogens (tertiary/aromatic N) is 4. The molecular weight excluding hydrogens is 322 g/mol.